The fraction of sp³-hybridized carbons (Fsp3) is 0.474. The molecule has 0 unspecified atom stereocenters. The molecule has 1 aromatic heterocycles. The quantitative estimate of drug-likeness (QED) is 0.415. The monoisotopic (exact) mass is 344 g/mol. The fourth-order valence-electron chi connectivity index (χ4n) is 2.54. The van der Waals surface area contributed by atoms with Crippen LogP contribution >= 0.6 is 11.3 Å². The molecule has 1 heterocycles. The Balaban J connectivity index is 1.52. The molecule has 2 aromatic rings. The summed E-state index contributed by atoms with van der Waals surface area (Å²) >= 11 is 1.70. The zero-order valence-electron chi connectivity index (χ0n) is 14.7. The highest BCUT2D eigenvalue weighted by Crippen LogP contribution is 2.08. The Kier molecular flexibility index (Phi) is 8.32. The highest BCUT2D eigenvalue weighted by molar-refractivity contribution is 7.09. The van der Waals surface area contributed by atoms with Crippen LogP contribution in [0.2, 0.25) is 0 Å². The van der Waals surface area contributed by atoms with Gasteiger partial charge in [0.25, 0.3) is 0 Å². The van der Waals surface area contributed by atoms with E-state index in [-0.39, 0.29) is 0 Å². The van der Waals surface area contributed by atoms with Crippen LogP contribution in [-0.2, 0) is 12.8 Å². The standard InChI is InChI=1S/C19H28N4S/c1-16-23-18(15-24-16)12-14-22-19(20-2)21-13-8-4-7-11-17-9-5-3-6-10-17/h3,5-6,9-10,15H,4,7-8,11-14H2,1-2H3,(H2,20,21,22). The van der Waals surface area contributed by atoms with Crippen molar-refractivity contribution < 1.29 is 0 Å². The van der Waals surface area contributed by atoms with Crippen LogP contribution in [0.1, 0.15) is 35.5 Å². The van der Waals surface area contributed by atoms with Gasteiger partial charge in [0.15, 0.2) is 5.96 Å². The number of benzene rings is 1. The molecule has 0 aliphatic heterocycles. The predicted molar refractivity (Wildman–Crippen MR) is 104 cm³/mol. The molecular weight excluding hydrogens is 316 g/mol. The summed E-state index contributed by atoms with van der Waals surface area (Å²) in [6.45, 7) is 3.86. The molecule has 5 heteroatoms. The van der Waals surface area contributed by atoms with E-state index in [0.717, 1.165) is 36.2 Å². The Bertz CT molecular complexity index is 607. The fourth-order valence-corrected chi connectivity index (χ4v) is 3.18. The summed E-state index contributed by atoms with van der Waals surface area (Å²) in [4.78, 5) is 8.74. The maximum Gasteiger partial charge on any atom is 0.190 e. The minimum absolute atomic E-state index is 0.858. The predicted octanol–water partition coefficient (Wildman–Crippen LogP) is 3.57. The molecule has 2 rings (SSSR count). The van der Waals surface area contributed by atoms with E-state index in [1.165, 1.54) is 31.2 Å². The van der Waals surface area contributed by atoms with Gasteiger partial charge in [-0.25, -0.2) is 4.98 Å². The molecule has 130 valence electrons. The molecule has 4 nitrogen and oxygen atoms in total. The molecule has 0 spiro atoms. The van der Waals surface area contributed by atoms with E-state index in [1.807, 2.05) is 14.0 Å². The smallest absolute Gasteiger partial charge is 0.190 e. The van der Waals surface area contributed by atoms with Crippen LogP contribution in [-0.4, -0.2) is 31.1 Å². The third kappa shape index (κ3) is 7.13. The highest BCUT2D eigenvalue weighted by Gasteiger charge is 2.00. The van der Waals surface area contributed by atoms with Gasteiger partial charge in [-0.15, -0.1) is 11.3 Å². The number of guanidine groups is 1. The zero-order chi connectivity index (χ0) is 17.0. The van der Waals surface area contributed by atoms with Gasteiger partial charge in [0.2, 0.25) is 0 Å². The average Bonchev–Trinajstić information content (AvgIpc) is 3.02. The molecular formula is C19H28N4S. The van der Waals surface area contributed by atoms with Crippen molar-refractivity contribution in [2.75, 3.05) is 20.1 Å². The second-order valence-corrected chi connectivity index (χ2v) is 6.89. The molecule has 0 fully saturated rings. The van der Waals surface area contributed by atoms with E-state index in [0.29, 0.717) is 0 Å². The minimum atomic E-state index is 0.858. The molecule has 24 heavy (non-hydrogen) atoms. The third-order valence-corrected chi connectivity index (χ3v) is 4.66. The first-order chi connectivity index (χ1) is 11.8. The maximum atomic E-state index is 4.47. The molecule has 1 aromatic carbocycles. The number of unbranched alkanes of at least 4 members (excludes halogenated alkanes) is 2. The van der Waals surface area contributed by atoms with Crippen LogP contribution in [0, 0.1) is 6.92 Å². The molecule has 2 N–H and O–H groups in total. The molecule has 0 bridgehead atoms. The Morgan fingerprint density at radius 1 is 1.04 bits per heavy atom. The number of rotatable bonds is 9. The number of nitrogens with zero attached hydrogens (tertiary/aromatic N) is 2. The SMILES string of the molecule is CN=C(NCCCCCc1ccccc1)NCCc1csc(C)n1. The van der Waals surface area contributed by atoms with Gasteiger partial charge in [0, 0.05) is 31.9 Å². The van der Waals surface area contributed by atoms with Gasteiger partial charge in [-0.3, -0.25) is 4.99 Å². The summed E-state index contributed by atoms with van der Waals surface area (Å²) in [5.74, 6) is 0.880. The van der Waals surface area contributed by atoms with Crippen molar-refractivity contribution in [2.24, 2.45) is 4.99 Å². The summed E-state index contributed by atoms with van der Waals surface area (Å²) in [5.41, 5.74) is 2.58. The number of aromatic nitrogens is 1. The normalized spacial score (nSPS) is 11.5. The van der Waals surface area contributed by atoms with E-state index in [4.69, 9.17) is 0 Å². The molecule has 0 aliphatic carbocycles. The van der Waals surface area contributed by atoms with Crippen LogP contribution in [0.4, 0.5) is 0 Å². The molecule has 0 atom stereocenters. The van der Waals surface area contributed by atoms with E-state index in [9.17, 15) is 0 Å². The summed E-state index contributed by atoms with van der Waals surface area (Å²) in [6, 6.07) is 10.7. The number of hydrogen-bond acceptors (Lipinski definition) is 3. The van der Waals surface area contributed by atoms with Gasteiger partial charge in [-0.05, 0) is 31.7 Å². The van der Waals surface area contributed by atoms with Crippen LogP contribution in [0.15, 0.2) is 40.7 Å². The van der Waals surface area contributed by atoms with E-state index < -0.39 is 0 Å². The zero-order valence-corrected chi connectivity index (χ0v) is 15.5. The highest BCUT2D eigenvalue weighted by atomic mass is 32.1. The lowest BCUT2D eigenvalue weighted by molar-refractivity contribution is 0.655. The lowest BCUT2D eigenvalue weighted by atomic mass is 10.1. The van der Waals surface area contributed by atoms with Gasteiger partial charge in [-0.1, -0.05) is 36.8 Å². The number of nitrogens with one attached hydrogen (secondary N) is 2. The van der Waals surface area contributed by atoms with Crippen LogP contribution < -0.4 is 10.6 Å². The van der Waals surface area contributed by atoms with Crippen LogP contribution in [0.25, 0.3) is 0 Å². The molecule has 0 saturated heterocycles. The van der Waals surface area contributed by atoms with Crippen molar-refractivity contribution in [1.29, 1.82) is 0 Å². The van der Waals surface area contributed by atoms with E-state index in [2.05, 4.69) is 56.3 Å². The summed E-state index contributed by atoms with van der Waals surface area (Å²) in [7, 11) is 1.82. The van der Waals surface area contributed by atoms with Crippen molar-refractivity contribution in [1.82, 2.24) is 15.6 Å². The Morgan fingerprint density at radius 3 is 2.54 bits per heavy atom. The van der Waals surface area contributed by atoms with Crippen LogP contribution in [0.3, 0.4) is 0 Å². The number of aliphatic imine (C=N–C) groups is 1. The van der Waals surface area contributed by atoms with E-state index in [1.54, 1.807) is 11.3 Å². The second-order valence-electron chi connectivity index (χ2n) is 5.83. The molecule has 0 aliphatic rings. The molecule has 0 radical (unpaired) electrons. The first-order valence-electron chi connectivity index (χ1n) is 8.67. The third-order valence-electron chi connectivity index (χ3n) is 3.84. The number of hydrogen-bond donors (Lipinski definition) is 2. The van der Waals surface area contributed by atoms with Crippen molar-refractivity contribution in [3.63, 3.8) is 0 Å². The van der Waals surface area contributed by atoms with Crippen LogP contribution in [0.5, 0.6) is 0 Å². The Morgan fingerprint density at radius 2 is 1.83 bits per heavy atom. The Hall–Kier alpha value is -1.88. The summed E-state index contributed by atoms with van der Waals surface area (Å²) in [6.07, 6.45) is 5.74. The van der Waals surface area contributed by atoms with Gasteiger partial charge in [0.1, 0.15) is 0 Å². The number of aryl methyl sites for hydroxylation is 2. The average molecular weight is 345 g/mol. The van der Waals surface area contributed by atoms with Crippen molar-refractivity contribution in [3.8, 4) is 0 Å². The molecule has 0 saturated carbocycles. The second kappa shape index (κ2) is 10.8. The number of thiazole rings is 1. The Labute approximate surface area is 149 Å². The van der Waals surface area contributed by atoms with Gasteiger partial charge in [-0.2, -0.15) is 0 Å². The maximum absolute atomic E-state index is 4.47. The first-order valence-corrected chi connectivity index (χ1v) is 9.55. The van der Waals surface area contributed by atoms with Crippen molar-refractivity contribution >= 4 is 17.3 Å². The van der Waals surface area contributed by atoms with Gasteiger partial charge >= 0.3 is 0 Å². The topological polar surface area (TPSA) is 49.3 Å². The summed E-state index contributed by atoms with van der Waals surface area (Å²) in [5, 5.41) is 9.98. The largest absolute Gasteiger partial charge is 0.356 e. The lowest BCUT2D eigenvalue weighted by Crippen LogP contribution is -2.38. The van der Waals surface area contributed by atoms with Gasteiger partial charge in [0.05, 0.1) is 10.7 Å². The van der Waals surface area contributed by atoms with Crippen molar-refractivity contribution in [3.05, 3.63) is 52.0 Å². The molecule has 0 amide bonds. The lowest BCUT2D eigenvalue weighted by Gasteiger charge is -2.11. The van der Waals surface area contributed by atoms with Gasteiger partial charge < -0.3 is 10.6 Å². The minimum Gasteiger partial charge on any atom is -0.356 e. The first kappa shape index (κ1) is 18.5. The van der Waals surface area contributed by atoms with E-state index >= 15 is 0 Å². The van der Waals surface area contributed by atoms with Crippen molar-refractivity contribution in [2.45, 2.75) is 39.0 Å². The summed E-state index contributed by atoms with van der Waals surface area (Å²) < 4.78 is 0.